The van der Waals surface area contributed by atoms with Crippen LogP contribution in [0.25, 0.3) is 0 Å². The molecule has 1 atom stereocenters. The Balaban J connectivity index is 4.05. The molecule has 0 radical (unpaired) electrons. The molecule has 1 N–H and O–H groups in total. The fourth-order valence-electron chi connectivity index (χ4n) is 0.366. The summed E-state index contributed by atoms with van der Waals surface area (Å²) >= 11 is 4.95. The normalized spacial score (nSPS) is 15.4. The van der Waals surface area contributed by atoms with E-state index in [4.69, 9.17) is 11.6 Å². The quantitative estimate of drug-likeness (QED) is 0.692. The number of alkyl halides is 3. The molecule has 0 spiro atoms. The largest absolute Gasteiger partial charge is 0.254 e. The Morgan fingerprint density at radius 3 is 2.27 bits per heavy atom. The number of hydrogen-bond donors (Lipinski definition) is 1. The van der Waals surface area contributed by atoms with Crippen LogP contribution in [0.5, 0.6) is 0 Å². The molecular weight excluding hydrogens is 200 g/mol. The molecule has 0 bridgehead atoms. The van der Waals surface area contributed by atoms with Crippen LogP contribution >= 0.6 is 11.6 Å². The fraction of sp³-hybridized carbons (Fsp3) is 1.00. The third-order valence-electron chi connectivity index (χ3n) is 0.887. The van der Waals surface area contributed by atoms with Crippen LogP contribution in [0.1, 0.15) is 6.92 Å². The van der Waals surface area contributed by atoms with Gasteiger partial charge in [-0.15, -0.1) is 11.6 Å². The minimum Gasteiger partial charge on any atom is -0.211 e. The Morgan fingerprint density at radius 2 is 2.00 bits per heavy atom. The highest BCUT2D eigenvalue weighted by Gasteiger charge is 2.20. The van der Waals surface area contributed by atoms with Crippen LogP contribution in [-0.2, 0) is 10.0 Å². The topological polar surface area (TPSA) is 46.2 Å². The van der Waals surface area contributed by atoms with Gasteiger partial charge in [0, 0.05) is 0 Å². The Morgan fingerprint density at radius 1 is 1.55 bits per heavy atom. The van der Waals surface area contributed by atoms with Crippen LogP contribution in [0.2, 0.25) is 0 Å². The van der Waals surface area contributed by atoms with Gasteiger partial charge in [0.05, 0.1) is 6.04 Å². The molecule has 3 nitrogen and oxygen atoms in total. The van der Waals surface area contributed by atoms with Crippen molar-refractivity contribution in [3.63, 3.8) is 0 Å². The lowest BCUT2D eigenvalue weighted by atomic mass is 10.4. The zero-order valence-electron chi connectivity index (χ0n) is 5.72. The van der Waals surface area contributed by atoms with E-state index in [-0.39, 0.29) is 0 Å². The van der Waals surface area contributed by atoms with E-state index in [2.05, 4.69) is 0 Å². The molecule has 0 heterocycles. The second-order valence-corrected chi connectivity index (χ2v) is 4.30. The average Bonchev–Trinajstić information content (AvgIpc) is 1.87. The van der Waals surface area contributed by atoms with E-state index in [1.807, 2.05) is 0 Å². The first-order valence-corrected chi connectivity index (χ1v) is 4.92. The van der Waals surface area contributed by atoms with Gasteiger partial charge in [0.15, 0.2) is 0 Å². The van der Waals surface area contributed by atoms with Crippen molar-refractivity contribution >= 4 is 21.6 Å². The summed E-state index contributed by atoms with van der Waals surface area (Å²) < 4.78 is 46.2. The first-order chi connectivity index (χ1) is 4.89. The second kappa shape index (κ2) is 4.18. The molecule has 1 unspecified atom stereocenters. The molecule has 68 valence electrons. The van der Waals surface area contributed by atoms with Gasteiger partial charge in [-0.25, -0.2) is 21.9 Å². The minimum absolute atomic E-state index is 0.704. The molecule has 0 aliphatic heterocycles. The zero-order chi connectivity index (χ0) is 9.07. The molecule has 0 aliphatic rings. The summed E-state index contributed by atoms with van der Waals surface area (Å²) in [4.78, 5) is 0. The summed E-state index contributed by atoms with van der Waals surface area (Å²) in [5.74, 6) is 0. The van der Waals surface area contributed by atoms with Gasteiger partial charge in [0.2, 0.25) is 10.0 Å². The van der Waals surface area contributed by atoms with E-state index in [1.54, 1.807) is 4.72 Å². The molecule has 7 heteroatoms. The predicted molar refractivity (Wildman–Crippen MR) is 38.2 cm³/mol. The van der Waals surface area contributed by atoms with Crippen LogP contribution in [0.4, 0.5) is 8.78 Å². The summed E-state index contributed by atoms with van der Waals surface area (Å²) in [6, 6.07) is -1.39. The van der Waals surface area contributed by atoms with Crippen molar-refractivity contribution < 1.29 is 17.2 Å². The summed E-state index contributed by atoms with van der Waals surface area (Å²) in [6.45, 7) is 1.06. The molecule has 0 aromatic carbocycles. The lowest BCUT2D eigenvalue weighted by molar-refractivity contribution is 0.116. The summed E-state index contributed by atoms with van der Waals surface area (Å²) in [5.41, 5.74) is 0. The van der Waals surface area contributed by atoms with Gasteiger partial charge in [-0.05, 0) is 6.92 Å². The molecule has 0 amide bonds. The molecule has 0 aromatic heterocycles. The van der Waals surface area contributed by atoms with Crippen LogP contribution < -0.4 is 4.72 Å². The Bertz CT molecular complexity index is 206. The van der Waals surface area contributed by atoms with Crippen molar-refractivity contribution in [2.24, 2.45) is 0 Å². The maximum Gasteiger partial charge on any atom is 0.254 e. The van der Waals surface area contributed by atoms with Crippen LogP contribution in [-0.4, -0.2) is 26.1 Å². The highest BCUT2D eigenvalue weighted by molar-refractivity contribution is 7.90. The molecule has 0 fully saturated rings. The standard InChI is InChI=1S/C4H8ClF2NO2S/c1-3(4(6)7)8-11(9,10)2-5/h3-4,8H,2H2,1H3. The number of sulfonamides is 1. The SMILES string of the molecule is CC(NS(=O)(=O)CCl)C(F)F. The lowest BCUT2D eigenvalue weighted by Gasteiger charge is -2.10. The van der Waals surface area contributed by atoms with Crippen molar-refractivity contribution in [3.8, 4) is 0 Å². The summed E-state index contributed by atoms with van der Waals surface area (Å²) in [7, 11) is -3.73. The molecule has 11 heavy (non-hydrogen) atoms. The predicted octanol–water partition coefficient (Wildman–Crippen LogP) is 0.756. The van der Waals surface area contributed by atoms with Gasteiger partial charge in [0.1, 0.15) is 5.21 Å². The van der Waals surface area contributed by atoms with Crippen LogP contribution in [0.3, 0.4) is 0 Å². The van der Waals surface area contributed by atoms with Gasteiger partial charge in [-0.2, -0.15) is 0 Å². The summed E-state index contributed by atoms with van der Waals surface area (Å²) in [5, 5.41) is -0.704. The number of rotatable bonds is 4. The minimum atomic E-state index is -3.73. The second-order valence-electron chi connectivity index (χ2n) is 1.96. The van der Waals surface area contributed by atoms with E-state index >= 15 is 0 Å². The first-order valence-electron chi connectivity index (χ1n) is 2.73. The van der Waals surface area contributed by atoms with Crippen molar-refractivity contribution in [2.75, 3.05) is 5.21 Å². The van der Waals surface area contributed by atoms with Gasteiger partial charge in [0.25, 0.3) is 6.43 Å². The van der Waals surface area contributed by atoms with Gasteiger partial charge in [-0.1, -0.05) is 0 Å². The highest BCUT2D eigenvalue weighted by Crippen LogP contribution is 2.01. The maximum absolute atomic E-state index is 11.7. The van der Waals surface area contributed by atoms with E-state index in [0.29, 0.717) is 0 Å². The number of nitrogens with one attached hydrogen (secondary N) is 1. The lowest BCUT2D eigenvalue weighted by Crippen LogP contribution is -2.37. The maximum atomic E-state index is 11.7. The van der Waals surface area contributed by atoms with E-state index in [0.717, 1.165) is 6.92 Å². The first kappa shape index (κ1) is 11.1. The van der Waals surface area contributed by atoms with E-state index in [9.17, 15) is 17.2 Å². The van der Waals surface area contributed by atoms with Gasteiger partial charge >= 0.3 is 0 Å². The third kappa shape index (κ3) is 4.49. The highest BCUT2D eigenvalue weighted by atomic mass is 35.5. The molecule has 0 aromatic rings. The van der Waals surface area contributed by atoms with Crippen molar-refractivity contribution in [3.05, 3.63) is 0 Å². The van der Waals surface area contributed by atoms with Gasteiger partial charge < -0.3 is 0 Å². The van der Waals surface area contributed by atoms with E-state index < -0.39 is 27.7 Å². The Hall–Kier alpha value is 0.0600. The van der Waals surface area contributed by atoms with Crippen LogP contribution in [0, 0.1) is 0 Å². The van der Waals surface area contributed by atoms with Crippen LogP contribution in [0.15, 0.2) is 0 Å². The van der Waals surface area contributed by atoms with Crippen molar-refractivity contribution in [1.29, 1.82) is 0 Å². The zero-order valence-corrected chi connectivity index (χ0v) is 7.29. The number of halogens is 3. The van der Waals surface area contributed by atoms with Crippen molar-refractivity contribution in [1.82, 2.24) is 4.72 Å². The third-order valence-corrected chi connectivity index (χ3v) is 2.77. The number of hydrogen-bond acceptors (Lipinski definition) is 2. The molecule has 0 rings (SSSR count). The smallest absolute Gasteiger partial charge is 0.211 e. The fourth-order valence-corrected chi connectivity index (χ4v) is 1.29. The monoisotopic (exact) mass is 207 g/mol. The Kier molecular flexibility index (Phi) is 4.20. The molecule has 0 aliphatic carbocycles. The average molecular weight is 208 g/mol. The van der Waals surface area contributed by atoms with E-state index in [1.165, 1.54) is 0 Å². The molecular formula is C4H8ClF2NO2S. The molecule has 0 saturated heterocycles. The van der Waals surface area contributed by atoms with Crippen molar-refractivity contribution in [2.45, 2.75) is 19.4 Å². The summed E-state index contributed by atoms with van der Waals surface area (Å²) in [6.07, 6.45) is -2.71. The Labute approximate surface area is 68.8 Å². The molecule has 0 saturated carbocycles. The van der Waals surface area contributed by atoms with Gasteiger partial charge in [-0.3, -0.25) is 0 Å².